The van der Waals surface area contributed by atoms with E-state index in [1.807, 2.05) is 19.2 Å². The predicted molar refractivity (Wildman–Crippen MR) is 104 cm³/mol. The average Bonchev–Trinajstić information content (AvgIpc) is 3.37. The van der Waals surface area contributed by atoms with E-state index in [0.29, 0.717) is 16.8 Å². The zero-order valence-electron chi connectivity index (χ0n) is 14.6. The smallest absolute Gasteiger partial charge is 0.197 e. The summed E-state index contributed by atoms with van der Waals surface area (Å²) in [4.78, 5) is 16.3. The van der Waals surface area contributed by atoms with E-state index < -0.39 is 0 Å². The Morgan fingerprint density at radius 3 is 2.96 bits per heavy atom. The summed E-state index contributed by atoms with van der Waals surface area (Å²) in [5, 5.41) is 20.4. The van der Waals surface area contributed by atoms with Crippen molar-refractivity contribution in [1.82, 2.24) is 29.7 Å². The molecule has 0 bridgehead atoms. The van der Waals surface area contributed by atoms with Crippen molar-refractivity contribution >= 4 is 33.3 Å². The third-order valence-electron chi connectivity index (χ3n) is 4.71. The molecule has 0 amide bonds. The van der Waals surface area contributed by atoms with Crippen LogP contribution in [-0.2, 0) is 26.5 Å². The Kier molecular flexibility index (Phi) is 4.14. The van der Waals surface area contributed by atoms with Crippen LogP contribution < -0.4 is 0 Å². The Hall–Kier alpha value is -2.36. The van der Waals surface area contributed by atoms with E-state index in [0.717, 1.165) is 33.6 Å². The summed E-state index contributed by atoms with van der Waals surface area (Å²) in [7, 11) is 1.85. The molecule has 0 saturated heterocycles. The lowest BCUT2D eigenvalue weighted by Gasteiger charge is -2.07. The second-order valence-electron chi connectivity index (χ2n) is 6.35. The van der Waals surface area contributed by atoms with Crippen LogP contribution in [0.25, 0.3) is 21.6 Å². The van der Waals surface area contributed by atoms with E-state index in [1.54, 1.807) is 28.3 Å². The minimum Gasteiger partial charge on any atom is -0.388 e. The molecule has 0 aliphatic heterocycles. The fourth-order valence-electron chi connectivity index (χ4n) is 3.32. The van der Waals surface area contributed by atoms with E-state index in [1.165, 1.54) is 28.6 Å². The van der Waals surface area contributed by atoms with Gasteiger partial charge in [0.15, 0.2) is 16.8 Å². The molecule has 4 aromatic rings. The van der Waals surface area contributed by atoms with Gasteiger partial charge in [-0.15, -0.1) is 21.5 Å². The van der Waals surface area contributed by atoms with E-state index in [4.69, 9.17) is 9.97 Å². The number of aliphatic hydroxyl groups excluding tert-OH is 1. The maximum atomic E-state index is 9.39. The molecular weight excluding hydrogens is 380 g/mol. The predicted octanol–water partition coefficient (Wildman–Crippen LogP) is 3.01. The number of pyridine rings is 1. The first-order chi connectivity index (χ1) is 13.2. The SMILES string of the molecule is Cn1c(CO)nnc1Sc1nc(-c2cccnc2)nc2sc3c(c12)CCC3. The Balaban J connectivity index is 1.69. The summed E-state index contributed by atoms with van der Waals surface area (Å²) < 4.78 is 1.80. The number of rotatable bonds is 4. The van der Waals surface area contributed by atoms with Gasteiger partial charge in [-0.1, -0.05) is 0 Å². The van der Waals surface area contributed by atoms with E-state index >= 15 is 0 Å². The summed E-state index contributed by atoms with van der Waals surface area (Å²) in [6, 6.07) is 3.86. The Morgan fingerprint density at radius 2 is 2.19 bits per heavy atom. The topological polar surface area (TPSA) is 89.6 Å². The molecule has 0 spiro atoms. The molecule has 0 saturated carbocycles. The average molecular weight is 397 g/mol. The molecule has 7 nitrogen and oxygen atoms in total. The van der Waals surface area contributed by atoms with Gasteiger partial charge < -0.3 is 9.67 Å². The molecule has 0 radical (unpaired) electrons. The zero-order valence-corrected chi connectivity index (χ0v) is 16.2. The van der Waals surface area contributed by atoms with Crippen molar-refractivity contribution in [2.75, 3.05) is 0 Å². The summed E-state index contributed by atoms with van der Waals surface area (Å²) >= 11 is 3.24. The Morgan fingerprint density at radius 1 is 1.26 bits per heavy atom. The van der Waals surface area contributed by atoms with Crippen molar-refractivity contribution < 1.29 is 5.11 Å². The fraction of sp³-hybridized carbons (Fsp3) is 0.278. The number of aromatic nitrogens is 6. The number of hydrogen-bond donors (Lipinski definition) is 1. The highest BCUT2D eigenvalue weighted by atomic mass is 32.2. The lowest BCUT2D eigenvalue weighted by molar-refractivity contribution is 0.266. The van der Waals surface area contributed by atoms with Crippen LogP contribution in [0.15, 0.2) is 34.7 Å². The minimum atomic E-state index is -0.141. The van der Waals surface area contributed by atoms with Crippen molar-refractivity contribution in [2.24, 2.45) is 7.05 Å². The number of aryl methyl sites for hydroxylation is 2. The normalized spacial score (nSPS) is 13.4. The third kappa shape index (κ3) is 2.82. The molecule has 1 aliphatic rings. The molecule has 0 fully saturated rings. The molecule has 4 heterocycles. The minimum absolute atomic E-state index is 0.141. The quantitative estimate of drug-likeness (QED) is 0.530. The van der Waals surface area contributed by atoms with Gasteiger partial charge in [0.1, 0.15) is 16.5 Å². The molecule has 136 valence electrons. The van der Waals surface area contributed by atoms with Crippen LogP contribution in [0.4, 0.5) is 0 Å². The van der Waals surface area contributed by atoms with Gasteiger partial charge in [0.05, 0.1) is 0 Å². The van der Waals surface area contributed by atoms with Gasteiger partial charge in [-0.25, -0.2) is 9.97 Å². The van der Waals surface area contributed by atoms with E-state index in [-0.39, 0.29) is 6.61 Å². The molecule has 4 aromatic heterocycles. The van der Waals surface area contributed by atoms with Gasteiger partial charge in [0, 0.05) is 35.3 Å². The van der Waals surface area contributed by atoms with Gasteiger partial charge in [-0.05, 0) is 48.7 Å². The highest BCUT2D eigenvalue weighted by molar-refractivity contribution is 7.99. The number of hydrogen-bond acceptors (Lipinski definition) is 8. The van der Waals surface area contributed by atoms with E-state index in [2.05, 4.69) is 15.2 Å². The van der Waals surface area contributed by atoms with Crippen LogP contribution in [0.2, 0.25) is 0 Å². The first-order valence-electron chi connectivity index (χ1n) is 8.64. The molecule has 1 N–H and O–H groups in total. The van der Waals surface area contributed by atoms with Gasteiger partial charge in [-0.2, -0.15) is 0 Å². The standard InChI is InChI=1S/C18H16N6OS2/c1-24-13(9-25)22-23-18(24)27-17-14-11-5-2-6-12(11)26-16(14)20-15(21-17)10-4-3-7-19-8-10/h3-4,7-8,25H,2,5-6,9H2,1H3. The van der Waals surface area contributed by atoms with Crippen molar-refractivity contribution in [1.29, 1.82) is 0 Å². The zero-order chi connectivity index (χ0) is 18.4. The van der Waals surface area contributed by atoms with Gasteiger partial charge in [-0.3, -0.25) is 4.98 Å². The molecule has 5 rings (SSSR count). The largest absolute Gasteiger partial charge is 0.388 e. The maximum Gasteiger partial charge on any atom is 0.197 e. The van der Waals surface area contributed by atoms with Crippen molar-refractivity contribution in [3.05, 3.63) is 40.8 Å². The first kappa shape index (κ1) is 16.8. The Labute approximate surface area is 163 Å². The number of aliphatic hydroxyl groups is 1. The second-order valence-corrected chi connectivity index (χ2v) is 8.39. The van der Waals surface area contributed by atoms with Crippen LogP contribution >= 0.6 is 23.1 Å². The van der Waals surface area contributed by atoms with Crippen LogP contribution in [0.5, 0.6) is 0 Å². The third-order valence-corrected chi connectivity index (χ3v) is 6.92. The number of thiophene rings is 1. The highest BCUT2D eigenvalue weighted by Gasteiger charge is 2.24. The highest BCUT2D eigenvalue weighted by Crippen LogP contribution is 2.42. The molecule has 9 heteroatoms. The van der Waals surface area contributed by atoms with Crippen LogP contribution in [0.3, 0.4) is 0 Å². The molecular formula is C18H16N6OS2. The van der Waals surface area contributed by atoms with Crippen LogP contribution in [0.1, 0.15) is 22.7 Å². The summed E-state index contributed by atoms with van der Waals surface area (Å²) in [6.07, 6.45) is 6.89. The first-order valence-corrected chi connectivity index (χ1v) is 10.3. The van der Waals surface area contributed by atoms with Crippen molar-refractivity contribution in [2.45, 2.75) is 36.1 Å². The maximum absolute atomic E-state index is 9.39. The molecule has 0 unspecified atom stereocenters. The van der Waals surface area contributed by atoms with Crippen LogP contribution in [0, 0.1) is 0 Å². The second kappa shape index (κ2) is 6.66. The molecule has 0 atom stereocenters. The molecule has 1 aliphatic carbocycles. The molecule has 0 aromatic carbocycles. The Bertz CT molecular complexity index is 1140. The molecule has 27 heavy (non-hydrogen) atoms. The fourth-order valence-corrected chi connectivity index (χ4v) is 5.60. The summed E-state index contributed by atoms with van der Waals surface area (Å²) in [5.74, 6) is 1.20. The van der Waals surface area contributed by atoms with Gasteiger partial charge in [0.2, 0.25) is 0 Å². The van der Waals surface area contributed by atoms with E-state index in [9.17, 15) is 5.11 Å². The summed E-state index contributed by atoms with van der Waals surface area (Å²) in [5.41, 5.74) is 2.27. The lowest BCUT2D eigenvalue weighted by Crippen LogP contribution is -1.99. The van der Waals surface area contributed by atoms with Crippen LogP contribution in [-0.4, -0.2) is 34.8 Å². The lowest BCUT2D eigenvalue weighted by atomic mass is 10.2. The van der Waals surface area contributed by atoms with Crippen molar-refractivity contribution in [3.8, 4) is 11.4 Å². The monoisotopic (exact) mass is 396 g/mol. The number of fused-ring (bicyclic) bond motifs is 3. The van der Waals surface area contributed by atoms with Crippen molar-refractivity contribution in [3.63, 3.8) is 0 Å². The number of nitrogens with zero attached hydrogens (tertiary/aromatic N) is 6. The summed E-state index contributed by atoms with van der Waals surface area (Å²) in [6.45, 7) is -0.141. The van der Waals surface area contributed by atoms with Gasteiger partial charge in [0.25, 0.3) is 0 Å². The van der Waals surface area contributed by atoms with Gasteiger partial charge >= 0.3 is 0 Å².